The molecule has 8 heteroatoms. The Morgan fingerprint density at radius 1 is 0.912 bits per heavy atom. The third-order valence-electron chi connectivity index (χ3n) is 6.49. The molecule has 0 aliphatic carbocycles. The van der Waals surface area contributed by atoms with Crippen LogP contribution < -0.4 is 9.47 Å². The molecule has 0 aromatic heterocycles. The highest BCUT2D eigenvalue weighted by Crippen LogP contribution is 2.30. The molecule has 2 aliphatic rings. The second-order valence-electron chi connectivity index (χ2n) is 8.71. The van der Waals surface area contributed by atoms with Gasteiger partial charge in [0.2, 0.25) is 5.91 Å². The van der Waals surface area contributed by atoms with E-state index < -0.39 is 17.5 Å². The highest BCUT2D eigenvalue weighted by atomic mass is 19.1. The van der Waals surface area contributed by atoms with Crippen LogP contribution in [-0.4, -0.2) is 60.5 Å². The fourth-order valence-electron chi connectivity index (χ4n) is 4.62. The Balaban J connectivity index is 1.26. The molecule has 4 rings (SSSR count). The Morgan fingerprint density at radius 3 is 2.21 bits per heavy atom. The maximum atomic E-state index is 14.0. The number of halogens is 2. The lowest BCUT2D eigenvalue weighted by Crippen LogP contribution is -2.47. The number of para-hydroxylation sites is 2. The standard InChI is InChI=1S/C26H30F2N2O4/c1-2-33-23-5-3-4-6-24(23)34-20-11-15-29(16-12-20)25(31)18-9-13-30(14-10-18)26(32)21-8-7-19(27)17-22(21)28/h3-8,17-18,20H,2,9-16H2,1H3. The summed E-state index contributed by atoms with van der Waals surface area (Å²) in [6, 6.07) is 10.6. The molecule has 34 heavy (non-hydrogen) atoms. The zero-order valence-electron chi connectivity index (χ0n) is 19.3. The molecule has 2 saturated heterocycles. The molecule has 2 aliphatic heterocycles. The van der Waals surface area contributed by atoms with Gasteiger partial charge in [0.1, 0.15) is 17.7 Å². The van der Waals surface area contributed by atoms with E-state index in [4.69, 9.17) is 9.47 Å². The molecule has 6 nitrogen and oxygen atoms in total. The summed E-state index contributed by atoms with van der Waals surface area (Å²) in [6.07, 6.45) is 2.58. The van der Waals surface area contributed by atoms with Crippen LogP contribution in [-0.2, 0) is 4.79 Å². The van der Waals surface area contributed by atoms with Gasteiger partial charge in [0.15, 0.2) is 11.5 Å². The van der Waals surface area contributed by atoms with Gasteiger partial charge in [-0.15, -0.1) is 0 Å². The Hall–Kier alpha value is -3.16. The molecule has 182 valence electrons. The smallest absolute Gasteiger partial charge is 0.256 e. The molecule has 2 heterocycles. The van der Waals surface area contributed by atoms with Gasteiger partial charge < -0.3 is 19.3 Å². The summed E-state index contributed by atoms with van der Waals surface area (Å²) in [7, 11) is 0. The lowest BCUT2D eigenvalue weighted by molar-refractivity contribution is -0.138. The number of carbonyl (C=O) groups excluding carboxylic acids is 2. The van der Waals surface area contributed by atoms with Crippen molar-refractivity contribution in [1.82, 2.24) is 9.80 Å². The molecule has 0 spiro atoms. The minimum absolute atomic E-state index is 0.0238. The number of piperidine rings is 2. The van der Waals surface area contributed by atoms with Crippen LogP contribution in [0.2, 0.25) is 0 Å². The average molecular weight is 473 g/mol. The number of nitrogens with zero attached hydrogens (tertiary/aromatic N) is 2. The predicted octanol–water partition coefficient (Wildman–Crippen LogP) is 4.29. The van der Waals surface area contributed by atoms with Crippen molar-refractivity contribution in [1.29, 1.82) is 0 Å². The first-order valence-corrected chi connectivity index (χ1v) is 11.9. The van der Waals surface area contributed by atoms with E-state index in [1.54, 1.807) is 0 Å². The highest BCUT2D eigenvalue weighted by molar-refractivity contribution is 5.94. The number of hydrogen-bond donors (Lipinski definition) is 0. The fourth-order valence-corrected chi connectivity index (χ4v) is 4.62. The third-order valence-corrected chi connectivity index (χ3v) is 6.49. The minimum Gasteiger partial charge on any atom is -0.490 e. The van der Waals surface area contributed by atoms with E-state index in [-0.39, 0.29) is 23.5 Å². The second kappa shape index (κ2) is 10.8. The van der Waals surface area contributed by atoms with Crippen LogP contribution in [0, 0.1) is 17.6 Å². The quantitative estimate of drug-likeness (QED) is 0.630. The summed E-state index contributed by atoms with van der Waals surface area (Å²) < 4.78 is 38.9. The van der Waals surface area contributed by atoms with Crippen molar-refractivity contribution >= 4 is 11.8 Å². The number of rotatable bonds is 6. The van der Waals surface area contributed by atoms with Crippen molar-refractivity contribution in [3.8, 4) is 11.5 Å². The topological polar surface area (TPSA) is 59.1 Å². The Kier molecular flexibility index (Phi) is 7.65. The lowest BCUT2D eigenvalue weighted by atomic mass is 9.93. The first-order valence-electron chi connectivity index (χ1n) is 11.9. The van der Waals surface area contributed by atoms with Gasteiger partial charge in [-0.05, 0) is 44.0 Å². The van der Waals surface area contributed by atoms with Gasteiger partial charge in [-0.1, -0.05) is 12.1 Å². The number of ether oxygens (including phenoxy) is 2. The van der Waals surface area contributed by atoms with Crippen LogP contribution in [0.25, 0.3) is 0 Å². The average Bonchev–Trinajstić information content (AvgIpc) is 2.85. The van der Waals surface area contributed by atoms with Gasteiger partial charge in [0.25, 0.3) is 5.91 Å². The summed E-state index contributed by atoms with van der Waals surface area (Å²) in [6.45, 7) is 4.50. The first kappa shape index (κ1) is 24.0. The zero-order valence-corrected chi connectivity index (χ0v) is 19.3. The molecule has 0 saturated carbocycles. The van der Waals surface area contributed by atoms with Gasteiger partial charge in [-0.25, -0.2) is 8.78 Å². The van der Waals surface area contributed by atoms with E-state index in [0.717, 1.165) is 30.4 Å². The van der Waals surface area contributed by atoms with Crippen molar-refractivity contribution < 1.29 is 27.8 Å². The van der Waals surface area contributed by atoms with Crippen molar-refractivity contribution in [2.45, 2.75) is 38.7 Å². The molecule has 0 atom stereocenters. The van der Waals surface area contributed by atoms with Crippen LogP contribution in [0.5, 0.6) is 11.5 Å². The maximum Gasteiger partial charge on any atom is 0.256 e. The van der Waals surface area contributed by atoms with Crippen LogP contribution in [0.1, 0.15) is 43.0 Å². The molecule has 2 aromatic carbocycles. The first-order chi connectivity index (χ1) is 16.5. The van der Waals surface area contributed by atoms with E-state index in [0.29, 0.717) is 51.7 Å². The third kappa shape index (κ3) is 5.48. The lowest BCUT2D eigenvalue weighted by Gasteiger charge is -2.37. The van der Waals surface area contributed by atoms with Gasteiger partial charge in [-0.2, -0.15) is 0 Å². The number of likely N-dealkylation sites (tertiary alicyclic amines) is 2. The van der Waals surface area contributed by atoms with Gasteiger partial charge in [0.05, 0.1) is 12.2 Å². The van der Waals surface area contributed by atoms with Gasteiger partial charge in [0, 0.05) is 51.0 Å². The Bertz CT molecular complexity index is 1020. The number of amides is 2. The summed E-state index contributed by atoms with van der Waals surface area (Å²) in [5.74, 6) is -0.641. The molecule has 0 bridgehead atoms. The normalized spacial score (nSPS) is 17.5. The van der Waals surface area contributed by atoms with Gasteiger partial charge >= 0.3 is 0 Å². The summed E-state index contributed by atoms with van der Waals surface area (Å²) in [5, 5.41) is 0. The monoisotopic (exact) mass is 472 g/mol. The van der Waals surface area contributed by atoms with Crippen LogP contribution in [0.4, 0.5) is 8.78 Å². The SMILES string of the molecule is CCOc1ccccc1OC1CCN(C(=O)C2CCN(C(=O)c3ccc(F)cc3F)CC2)CC1. The number of carbonyl (C=O) groups is 2. The Morgan fingerprint density at radius 2 is 1.56 bits per heavy atom. The van der Waals surface area contributed by atoms with Crippen molar-refractivity contribution in [2.24, 2.45) is 5.92 Å². The Labute approximate surface area is 198 Å². The molecule has 2 amide bonds. The maximum absolute atomic E-state index is 14.0. The summed E-state index contributed by atoms with van der Waals surface area (Å²) in [4.78, 5) is 29.1. The molecular weight excluding hydrogens is 442 g/mol. The molecule has 0 radical (unpaired) electrons. The zero-order chi connectivity index (χ0) is 24.1. The highest BCUT2D eigenvalue weighted by Gasteiger charge is 2.33. The van der Waals surface area contributed by atoms with E-state index in [2.05, 4.69) is 0 Å². The van der Waals surface area contributed by atoms with Crippen molar-refractivity contribution in [3.05, 3.63) is 59.7 Å². The van der Waals surface area contributed by atoms with Crippen LogP contribution in [0.3, 0.4) is 0 Å². The molecular formula is C26H30F2N2O4. The van der Waals surface area contributed by atoms with Crippen molar-refractivity contribution in [2.75, 3.05) is 32.8 Å². The second-order valence-corrected chi connectivity index (χ2v) is 8.71. The summed E-state index contributed by atoms with van der Waals surface area (Å²) in [5.41, 5.74) is -0.140. The molecule has 2 aromatic rings. The van der Waals surface area contributed by atoms with Crippen LogP contribution >= 0.6 is 0 Å². The van der Waals surface area contributed by atoms with Crippen LogP contribution in [0.15, 0.2) is 42.5 Å². The number of benzene rings is 2. The minimum atomic E-state index is -0.864. The molecule has 2 fully saturated rings. The molecule has 0 N–H and O–H groups in total. The van der Waals surface area contributed by atoms with E-state index in [1.807, 2.05) is 36.1 Å². The van der Waals surface area contributed by atoms with E-state index >= 15 is 0 Å². The molecule has 0 unspecified atom stereocenters. The van der Waals surface area contributed by atoms with Gasteiger partial charge in [-0.3, -0.25) is 9.59 Å². The van der Waals surface area contributed by atoms with Crippen molar-refractivity contribution in [3.63, 3.8) is 0 Å². The van der Waals surface area contributed by atoms with E-state index in [9.17, 15) is 18.4 Å². The predicted molar refractivity (Wildman–Crippen MR) is 123 cm³/mol. The summed E-state index contributed by atoms with van der Waals surface area (Å²) >= 11 is 0. The largest absolute Gasteiger partial charge is 0.490 e. The van der Waals surface area contributed by atoms with E-state index in [1.165, 1.54) is 11.0 Å². The number of hydrogen-bond acceptors (Lipinski definition) is 4. The fraction of sp³-hybridized carbons (Fsp3) is 0.462.